The molecule has 0 fully saturated rings. The van der Waals surface area contributed by atoms with Gasteiger partial charge in [-0.15, -0.1) is 0 Å². The first-order valence-electron chi connectivity index (χ1n) is 5.96. The second-order valence-electron chi connectivity index (χ2n) is 4.10. The van der Waals surface area contributed by atoms with E-state index in [0.717, 1.165) is 5.76 Å². The van der Waals surface area contributed by atoms with E-state index in [1.807, 2.05) is 13.0 Å². The first-order valence-corrected chi connectivity index (χ1v) is 5.96. The molecule has 0 aliphatic carbocycles. The Labute approximate surface area is 110 Å². The minimum absolute atomic E-state index is 0.00499. The highest BCUT2D eigenvalue weighted by Crippen LogP contribution is 2.21. The molecule has 5 heteroatoms. The maximum absolute atomic E-state index is 12.3. The number of hydrogen-bond donors (Lipinski definition) is 1. The lowest BCUT2D eigenvalue weighted by atomic mass is 10.2. The zero-order chi connectivity index (χ0) is 13.7. The van der Waals surface area contributed by atoms with Crippen LogP contribution in [0.4, 0.5) is 8.78 Å². The summed E-state index contributed by atoms with van der Waals surface area (Å²) in [6, 6.07) is 10.4. The molecule has 1 heterocycles. The highest BCUT2D eigenvalue weighted by Gasteiger charge is 2.11. The smallest absolute Gasteiger partial charge is 0.387 e. The molecule has 1 aromatic carbocycles. The summed E-state index contributed by atoms with van der Waals surface area (Å²) < 4.78 is 34.3. The van der Waals surface area contributed by atoms with Crippen LogP contribution in [0.5, 0.6) is 5.75 Å². The van der Waals surface area contributed by atoms with E-state index in [-0.39, 0.29) is 11.8 Å². The number of hydrogen-bond acceptors (Lipinski definition) is 3. The summed E-state index contributed by atoms with van der Waals surface area (Å²) in [5.74, 6) is 0.990. The minimum atomic E-state index is -2.82. The van der Waals surface area contributed by atoms with Gasteiger partial charge in [0.05, 0.1) is 12.3 Å². The Kier molecular flexibility index (Phi) is 4.52. The molecule has 0 saturated carbocycles. The van der Waals surface area contributed by atoms with Crippen LogP contribution >= 0.6 is 0 Å². The fourth-order valence-corrected chi connectivity index (χ4v) is 1.76. The van der Waals surface area contributed by atoms with Crippen LogP contribution < -0.4 is 10.1 Å². The molecule has 0 spiro atoms. The van der Waals surface area contributed by atoms with Crippen LogP contribution in [0.15, 0.2) is 47.1 Å². The van der Waals surface area contributed by atoms with Gasteiger partial charge in [-0.1, -0.05) is 18.2 Å². The van der Waals surface area contributed by atoms with Crippen molar-refractivity contribution in [1.82, 2.24) is 5.32 Å². The fourth-order valence-electron chi connectivity index (χ4n) is 1.76. The second-order valence-corrected chi connectivity index (χ2v) is 4.10. The Morgan fingerprint density at radius 1 is 1.21 bits per heavy atom. The molecule has 0 aliphatic heterocycles. The minimum Gasteiger partial charge on any atom is -0.468 e. The Hall–Kier alpha value is -1.88. The Balaban J connectivity index is 1.99. The lowest BCUT2D eigenvalue weighted by Crippen LogP contribution is -2.18. The van der Waals surface area contributed by atoms with E-state index in [1.54, 1.807) is 30.5 Å². The lowest BCUT2D eigenvalue weighted by Gasteiger charge is -2.14. The molecule has 0 saturated heterocycles. The predicted octanol–water partition coefficient (Wildman–Crippen LogP) is 3.73. The zero-order valence-corrected chi connectivity index (χ0v) is 10.5. The number of benzene rings is 1. The first kappa shape index (κ1) is 13.5. The topological polar surface area (TPSA) is 34.4 Å². The highest BCUT2D eigenvalue weighted by molar-refractivity contribution is 5.33. The number of nitrogens with one attached hydrogen (secondary N) is 1. The molecule has 19 heavy (non-hydrogen) atoms. The van der Waals surface area contributed by atoms with Gasteiger partial charge in [-0.2, -0.15) is 8.78 Å². The van der Waals surface area contributed by atoms with E-state index in [0.29, 0.717) is 12.1 Å². The molecule has 3 nitrogen and oxygen atoms in total. The molecule has 0 radical (unpaired) electrons. The SMILES string of the molecule is CC(NCc1ccccc1OC(F)F)c1ccco1. The van der Waals surface area contributed by atoms with E-state index in [2.05, 4.69) is 10.1 Å². The van der Waals surface area contributed by atoms with Gasteiger partial charge in [-0.3, -0.25) is 0 Å². The molecular weight excluding hydrogens is 252 g/mol. The summed E-state index contributed by atoms with van der Waals surface area (Å²) >= 11 is 0. The molecule has 102 valence electrons. The van der Waals surface area contributed by atoms with Crippen molar-refractivity contribution in [3.05, 3.63) is 54.0 Å². The summed E-state index contributed by atoms with van der Waals surface area (Å²) in [7, 11) is 0. The van der Waals surface area contributed by atoms with Crippen LogP contribution in [0, 0.1) is 0 Å². The predicted molar refractivity (Wildman–Crippen MR) is 67.0 cm³/mol. The van der Waals surface area contributed by atoms with Crippen molar-refractivity contribution in [3.63, 3.8) is 0 Å². The highest BCUT2D eigenvalue weighted by atomic mass is 19.3. The second kappa shape index (κ2) is 6.33. The van der Waals surface area contributed by atoms with Crippen LogP contribution in [-0.4, -0.2) is 6.61 Å². The van der Waals surface area contributed by atoms with E-state index in [1.165, 1.54) is 6.07 Å². The molecule has 2 aromatic rings. The zero-order valence-electron chi connectivity index (χ0n) is 10.5. The van der Waals surface area contributed by atoms with Crippen LogP contribution in [-0.2, 0) is 6.54 Å². The van der Waals surface area contributed by atoms with Crippen LogP contribution in [0.3, 0.4) is 0 Å². The molecule has 1 N–H and O–H groups in total. The third kappa shape index (κ3) is 3.79. The van der Waals surface area contributed by atoms with Crippen molar-refractivity contribution >= 4 is 0 Å². The van der Waals surface area contributed by atoms with Crippen LogP contribution in [0.25, 0.3) is 0 Å². The fraction of sp³-hybridized carbons (Fsp3) is 0.286. The number of para-hydroxylation sites is 1. The van der Waals surface area contributed by atoms with Crippen molar-refractivity contribution in [3.8, 4) is 5.75 Å². The van der Waals surface area contributed by atoms with Gasteiger partial charge >= 0.3 is 6.61 Å². The summed E-state index contributed by atoms with van der Waals surface area (Å²) in [5.41, 5.74) is 0.682. The molecule has 2 rings (SSSR count). The van der Waals surface area contributed by atoms with E-state index in [9.17, 15) is 8.78 Å². The number of furan rings is 1. The summed E-state index contributed by atoms with van der Waals surface area (Å²) in [6.45, 7) is -0.455. The lowest BCUT2D eigenvalue weighted by molar-refractivity contribution is -0.0505. The van der Waals surface area contributed by atoms with Gasteiger partial charge in [0.1, 0.15) is 11.5 Å². The quantitative estimate of drug-likeness (QED) is 0.866. The first-order chi connectivity index (χ1) is 9.16. The number of ether oxygens (including phenoxy) is 1. The van der Waals surface area contributed by atoms with Crippen molar-refractivity contribution in [2.45, 2.75) is 26.1 Å². The molecule has 0 amide bonds. The Bertz CT molecular complexity index is 500. The van der Waals surface area contributed by atoms with Crippen LogP contribution in [0.2, 0.25) is 0 Å². The number of rotatable bonds is 6. The van der Waals surface area contributed by atoms with Gasteiger partial charge in [0.25, 0.3) is 0 Å². The average molecular weight is 267 g/mol. The van der Waals surface area contributed by atoms with Gasteiger partial charge in [0.15, 0.2) is 0 Å². The standard InChI is InChI=1S/C14H15F2NO2/c1-10(12-7-4-8-18-12)17-9-11-5-2-3-6-13(11)19-14(15)16/h2-8,10,14,17H,9H2,1H3. The van der Waals surface area contributed by atoms with Crippen LogP contribution in [0.1, 0.15) is 24.3 Å². The number of halogens is 2. The van der Waals surface area contributed by atoms with Gasteiger partial charge < -0.3 is 14.5 Å². The molecule has 1 atom stereocenters. The molecular formula is C14H15F2NO2. The largest absolute Gasteiger partial charge is 0.468 e. The summed E-state index contributed by atoms with van der Waals surface area (Å²) in [5, 5.41) is 3.20. The molecule has 0 aliphatic rings. The van der Waals surface area contributed by atoms with Crippen molar-refractivity contribution in [1.29, 1.82) is 0 Å². The number of alkyl halides is 2. The van der Waals surface area contributed by atoms with Crippen molar-refractivity contribution in [2.24, 2.45) is 0 Å². The van der Waals surface area contributed by atoms with Gasteiger partial charge in [-0.25, -0.2) is 0 Å². The molecule has 1 aromatic heterocycles. The molecule has 0 bridgehead atoms. The maximum Gasteiger partial charge on any atom is 0.387 e. The average Bonchev–Trinajstić information content (AvgIpc) is 2.90. The van der Waals surface area contributed by atoms with E-state index >= 15 is 0 Å². The van der Waals surface area contributed by atoms with Gasteiger partial charge in [0.2, 0.25) is 0 Å². The van der Waals surface area contributed by atoms with Gasteiger partial charge in [-0.05, 0) is 25.1 Å². The van der Waals surface area contributed by atoms with Crippen molar-refractivity contribution in [2.75, 3.05) is 0 Å². The van der Waals surface area contributed by atoms with E-state index in [4.69, 9.17) is 4.42 Å². The third-order valence-electron chi connectivity index (χ3n) is 2.76. The Morgan fingerprint density at radius 2 is 2.00 bits per heavy atom. The summed E-state index contributed by atoms with van der Waals surface area (Å²) in [6.07, 6.45) is 1.60. The van der Waals surface area contributed by atoms with E-state index < -0.39 is 6.61 Å². The van der Waals surface area contributed by atoms with Crippen molar-refractivity contribution < 1.29 is 17.9 Å². The normalized spacial score (nSPS) is 12.6. The molecule has 1 unspecified atom stereocenters. The third-order valence-corrected chi connectivity index (χ3v) is 2.76. The van der Waals surface area contributed by atoms with Gasteiger partial charge in [0, 0.05) is 12.1 Å². The monoisotopic (exact) mass is 267 g/mol. The summed E-state index contributed by atoms with van der Waals surface area (Å²) in [4.78, 5) is 0. The maximum atomic E-state index is 12.3. The Morgan fingerprint density at radius 3 is 2.68 bits per heavy atom.